The number of carbonyl (C=O) groups is 2. The van der Waals surface area contributed by atoms with Crippen molar-refractivity contribution in [2.75, 3.05) is 12.3 Å². The molecule has 8 nitrogen and oxygen atoms in total. The first-order chi connectivity index (χ1) is 17.1. The monoisotopic (exact) mass is 529 g/mol. The third-order valence-corrected chi connectivity index (χ3v) is 5.20. The number of benzene rings is 2. The van der Waals surface area contributed by atoms with Crippen LogP contribution in [0.5, 0.6) is 0 Å². The molecule has 14 heteroatoms. The molecule has 2 aromatic carbocycles. The highest BCUT2D eigenvalue weighted by atomic mass is 19.4. The molecule has 0 fully saturated rings. The molecule has 2 N–H and O–H groups in total. The van der Waals surface area contributed by atoms with Crippen molar-refractivity contribution >= 4 is 17.6 Å². The fourth-order valence-corrected chi connectivity index (χ4v) is 3.32. The number of nitrogens with two attached hydrogens (primary N) is 1. The number of nitrogen functional groups attached to an aromatic ring is 1. The normalized spacial score (nSPS) is 11.9. The molecule has 0 bridgehead atoms. The first kappa shape index (κ1) is 27.2. The first-order valence-corrected chi connectivity index (χ1v) is 10.2. The molecule has 0 saturated heterocycles. The number of hydrogen-bond acceptors (Lipinski definition) is 6. The van der Waals surface area contributed by atoms with E-state index in [1.165, 1.54) is 0 Å². The van der Waals surface area contributed by atoms with Crippen LogP contribution in [0.25, 0.3) is 0 Å². The lowest BCUT2D eigenvalue weighted by Crippen LogP contribution is -2.43. The number of halogens is 6. The van der Waals surface area contributed by atoms with E-state index in [-0.39, 0.29) is 24.7 Å². The van der Waals surface area contributed by atoms with Gasteiger partial charge in [-0.2, -0.15) is 26.3 Å². The molecule has 0 aliphatic carbocycles. The smallest absolute Gasteiger partial charge is 0.416 e. The highest BCUT2D eigenvalue weighted by molar-refractivity contribution is 6.02. The maximum atomic E-state index is 13.0. The van der Waals surface area contributed by atoms with Crippen molar-refractivity contribution in [3.05, 3.63) is 97.2 Å². The number of anilines is 1. The van der Waals surface area contributed by atoms with Crippen molar-refractivity contribution in [3.8, 4) is 0 Å². The summed E-state index contributed by atoms with van der Waals surface area (Å²) in [5.74, 6) is -3.47. The van der Waals surface area contributed by atoms with Crippen LogP contribution in [0.4, 0.5) is 32.2 Å². The predicted molar refractivity (Wildman–Crippen MR) is 117 cm³/mol. The lowest BCUT2D eigenvalue weighted by molar-refractivity contribution is -0.143. The van der Waals surface area contributed by atoms with Crippen LogP contribution >= 0.6 is 0 Å². The summed E-state index contributed by atoms with van der Waals surface area (Å²) in [5.41, 5.74) is -0.890. The number of rotatable bonds is 6. The first-order valence-electron chi connectivity index (χ1n) is 10.2. The molecule has 0 unspecified atom stereocenters. The molecule has 0 radical (unpaired) electrons. The van der Waals surface area contributed by atoms with Crippen LogP contribution < -0.4 is 17.0 Å². The van der Waals surface area contributed by atoms with Crippen LogP contribution in [-0.2, 0) is 30.7 Å². The van der Waals surface area contributed by atoms with Gasteiger partial charge in [-0.1, -0.05) is 30.3 Å². The van der Waals surface area contributed by atoms with Crippen LogP contribution in [0.3, 0.4) is 0 Å². The number of alkyl halides is 6. The quantitative estimate of drug-likeness (QED) is 0.298. The number of hydrogen-bond donors (Lipinski definition) is 1. The molecule has 196 valence electrons. The number of nitrogens with zero attached hydrogens (tertiary/aromatic N) is 2. The predicted octanol–water partition coefficient (Wildman–Crippen LogP) is 3.25. The fourth-order valence-electron chi connectivity index (χ4n) is 3.32. The third kappa shape index (κ3) is 5.90. The van der Waals surface area contributed by atoms with Gasteiger partial charge in [-0.3, -0.25) is 18.7 Å². The zero-order valence-electron chi connectivity index (χ0n) is 18.8. The average Bonchev–Trinajstić information content (AvgIpc) is 2.83. The summed E-state index contributed by atoms with van der Waals surface area (Å²) in [6.45, 7) is -1.39. The lowest BCUT2D eigenvalue weighted by atomic mass is 10.0. The van der Waals surface area contributed by atoms with Crippen molar-refractivity contribution < 1.29 is 40.7 Å². The summed E-state index contributed by atoms with van der Waals surface area (Å²) in [5, 5.41) is 0. The van der Waals surface area contributed by atoms with E-state index in [2.05, 4.69) is 4.74 Å². The minimum Gasteiger partial charge on any atom is -0.454 e. The molecular formula is C23H17F6N3O5. The second-order valence-electron chi connectivity index (χ2n) is 7.77. The standard InChI is InChI=1S/C23H17F6N3O5/c1-31-19(34)17(18(30)32(21(31)36)10-12-5-3-2-4-6-12)16(33)11-37-20(35)13-7-14(22(24,25)26)9-15(8-13)23(27,28)29/h2-9H,10-11,30H2,1H3. The zero-order valence-corrected chi connectivity index (χ0v) is 18.8. The van der Waals surface area contributed by atoms with Crippen molar-refractivity contribution in [3.63, 3.8) is 0 Å². The van der Waals surface area contributed by atoms with Crippen LogP contribution in [0.1, 0.15) is 37.4 Å². The number of ether oxygens (including phenoxy) is 1. The molecule has 0 aliphatic heterocycles. The Morgan fingerprint density at radius 1 is 0.919 bits per heavy atom. The molecule has 37 heavy (non-hydrogen) atoms. The largest absolute Gasteiger partial charge is 0.454 e. The van der Waals surface area contributed by atoms with E-state index < -0.39 is 70.0 Å². The van der Waals surface area contributed by atoms with Gasteiger partial charge in [0.1, 0.15) is 11.4 Å². The van der Waals surface area contributed by atoms with E-state index >= 15 is 0 Å². The van der Waals surface area contributed by atoms with Gasteiger partial charge < -0.3 is 10.5 Å². The maximum absolute atomic E-state index is 13.0. The molecular weight excluding hydrogens is 512 g/mol. The molecule has 0 spiro atoms. The summed E-state index contributed by atoms with van der Waals surface area (Å²) < 4.78 is 84.3. The van der Waals surface area contributed by atoms with Gasteiger partial charge in [0.15, 0.2) is 6.61 Å². The van der Waals surface area contributed by atoms with Crippen molar-refractivity contribution in [2.45, 2.75) is 18.9 Å². The van der Waals surface area contributed by atoms with Gasteiger partial charge in [-0.25, -0.2) is 9.59 Å². The van der Waals surface area contributed by atoms with Gasteiger partial charge in [-0.15, -0.1) is 0 Å². The molecule has 0 amide bonds. The van der Waals surface area contributed by atoms with Gasteiger partial charge in [0.25, 0.3) is 5.56 Å². The topological polar surface area (TPSA) is 113 Å². The summed E-state index contributed by atoms with van der Waals surface area (Å²) in [6.07, 6.45) is -10.4. The lowest BCUT2D eigenvalue weighted by Gasteiger charge is -2.15. The Kier molecular flexibility index (Phi) is 7.32. The third-order valence-electron chi connectivity index (χ3n) is 5.20. The maximum Gasteiger partial charge on any atom is 0.416 e. The van der Waals surface area contributed by atoms with E-state index in [9.17, 15) is 45.5 Å². The second kappa shape index (κ2) is 9.95. The second-order valence-corrected chi connectivity index (χ2v) is 7.77. The van der Waals surface area contributed by atoms with E-state index in [4.69, 9.17) is 5.73 Å². The highest BCUT2D eigenvalue weighted by Crippen LogP contribution is 2.36. The minimum atomic E-state index is -5.21. The summed E-state index contributed by atoms with van der Waals surface area (Å²) in [4.78, 5) is 50.0. The van der Waals surface area contributed by atoms with E-state index in [1.54, 1.807) is 30.3 Å². The number of carbonyl (C=O) groups excluding carboxylic acids is 2. The Bertz CT molecular complexity index is 1440. The van der Waals surface area contributed by atoms with Gasteiger partial charge in [-0.05, 0) is 23.8 Å². The Balaban J connectivity index is 1.92. The van der Waals surface area contributed by atoms with Crippen LogP contribution in [0.15, 0.2) is 58.1 Å². The minimum absolute atomic E-state index is 0.134. The van der Waals surface area contributed by atoms with Gasteiger partial charge in [0, 0.05) is 7.05 Å². The average molecular weight is 529 g/mol. The Hall–Kier alpha value is -4.36. The number of aromatic nitrogens is 2. The molecule has 3 aromatic rings. The molecule has 0 atom stereocenters. The van der Waals surface area contributed by atoms with Gasteiger partial charge in [0.05, 0.1) is 23.2 Å². The van der Waals surface area contributed by atoms with Gasteiger partial charge >= 0.3 is 24.0 Å². The van der Waals surface area contributed by atoms with Crippen molar-refractivity contribution in [1.29, 1.82) is 0 Å². The Labute approximate surface area is 203 Å². The van der Waals surface area contributed by atoms with E-state index in [1.807, 2.05) is 0 Å². The summed E-state index contributed by atoms with van der Waals surface area (Å²) >= 11 is 0. The van der Waals surface area contributed by atoms with Crippen molar-refractivity contribution in [1.82, 2.24) is 9.13 Å². The molecule has 0 aliphatic rings. The summed E-state index contributed by atoms with van der Waals surface area (Å²) in [6, 6.07) is 8.42. The Morgan fingerprint density at radius 3 is 1.97 bits per heavy atom. The van der Waals surface area contributed by atoms with E-state index in [0.717, 1.165) is 11.6 Å². The summed E-state index contributed by atoms with van der Waals surface area (Å²) in [7, 11) is 1.07. The molecule has 3 rings (SSSR count). The molecule has 1 heterocycles. The number of Topliss-reactive ketones (excluding diaryl/α,β-unsaturated/α-hetero) is 1. The number of esters is 1. The van der Waals surface area contributed by atoms with Crippen LogP contribution in [-0.4, -0.2) is 27.5 Å². The molecule has 0 saturated carbocycles. The molecule has 1 aromatic heterocycles. The highest BCUT2D eigenvalue weighted by Gasteiger charge is 2.37. The van der Waals surface area contributed by atoms with E-state index in [0.29, 0.717) is 10.1 Å². The Morgan fingerprint density at radius 2 is 1.46 bits per heavy atom. The zero-order chi connectivity index (χ0) is 27.7. The van der Waals surface area contributed by atoms with Crippen molar-refractivity contribution in [2.24, 2.45) is 7.05 Å². The fraction of sp³-hybridized carbons (Fsp3) is 0.217. The number of ketones is 1. The van der Waals surface area contributed by atoms with Crippen LogP contribution in [0, 0.1) is 0 Å². The SMILES string of the molecule is Cn1c(=O)c(C(=O)COC(=O)c2cc(C(F)(F)F)cc(C(F)(F)F)c2)c(N)n(Cc2ccccc2)c1=O. The van der Waals surface area contributed by atoms with Crippen LogP contribution in [0.2, 0.25) is 0 Å². The van der Waals surface area contributed by atoms with Gasteiger partial charge in [0.2, 0.25) is 5.78 Å².